The van der Waals surface area contributed by atoms with Gasteiger partial charge in [0.05, 0.1) is 11.0 Å². The first-order chi connectivity index (χ1) is 16.3. The number of rotatable bonds is 6. The molecule has 1 fully saturated rings. The number of aliphatic hydroxyl groups is 1. The third-order valence-corrected chi connectivity index (χ3v) is 6.03. The number of carbonyl (C=O) groups excluding carboxylic acids is 1. The highest BCUT2D eigenvalue weighted by atomic mass is 16.3. The number of aromatic nitrogens is 2. The van der Waals surface area contributed by atoms with Crippen molar-refractivity contribution in [2.75, 3.05) is 19.7 Å². The summed E-state index contributed by atoms with van der Waals surface area (Å²) in [6, 6.07) is 7.86. The first-order valence-corrected chi connectivity index (χ1v) is 13.2. The van der Waals surface area contributed by atoms with E-state index in [0.717, 1.165) is 49.4 Å². The van der Waals surface area contributed by atoms with Gasteiger partial charge in [-0.05, 0) is 56.6 Å². The lowest BCUT2D eigenvalue weighted by atomic mass is 9.86. The average Bonchev–Trinajstić information content (AvgIpc) is 3.24. The van der Waals surface area contributed by atoms with Gasteiger partial charge in [0.1, 0.15) is 0 Å². The number of Topliss-reactive ketones (excluding diaryl/α,β-unsaturated/α-hetero) is 1. The molecular formula is C29H51N3O2. The van der Waals surface area contributed by atoms with Crippen LogP contribution in [0.25, 0.3) is 11.0 Å². The molecule has 1 aliphatic rings. The van der Waals surface area contributed by atoms with E-state index in [0.29, 0.717) is 24.3 Å². The van der Waals surface area contributed by atoms with Crippen LogP contribution in [0.2, 0.25) is 0 Å². The van der Waals surface area contributed by atoms with E-state index in [9.17, 15) is 4.79 Å². The van der Waals surface area contributed by atoms with Crippen molar-refractivity contribution in [3.05, 3.63) is 41.7 Å². The molecule has 2 heterocycles. The van der Waals surface area contributed by atoms with Gasteiger partial charge in [-0.2, -0.15) is 0 Å². The first kappa shape index (κ1) is 32.0. The molecule has 5 nitrogen and oxygen atoms in total. The van der Waals surface area contributed by atoms with Crippen LogP contribution in [0, 0.1) is 17.8 Å². The van der Waals surface area contributed by atoms with Gasteiger partial charge in [0.25, 0.3) is 0 Å². The summed E-state index contributed by atoms with van der Waals surface area (Å²) in [6.45, 7) is 21.8. The molecular weight excluding hydrogens is 422 g/mol. The van der Waals surface area contributed by atoms with Gasteiger partial charge in [-0.25, -0.2) is 4.98 Å². The zero-order valence-corrected chi connectivity index (χ0v) is 23.3. The Morgan fingerprint density at radius 2 is 1.82 bits per heavy atom. The van der Waals surface area contributed by atoms with E-state index in [1.807, 2.05) is 42.7 Å². The van der Waals surface area contributed by atoms with Crippen molar-refractivity contribution >= 4 is 16.8 Å². The summed E-state index contributed by atoms with van der Waals surface area (Å²) in [4.78, 5) is 15.8. The summed E-state index contributed by atoms with van der Waals surface area (Å²) in [5.41, 5.74) is 3.39. The van der Waals surface area contributed by atoms with Gasteiger partial charge in [0.2, 0.25) is 0 Å². The molecule has 0 saturated carbocycles. The van der Waals surface area contributed by atoms with Gasteiger partial charge in [-0.3, -0.25) is 4.79 Å². The largest absolute Gasteiger partial charge is 0.396 e. The van der Waals surface area contributed by atoms with Crippen molar-refractivity contribution in [1.82, 2.24) is 14.9 Å². The topological polar surface area (TPSA) is 67.2 Å². The van der Waals surface area contributed by atoms with Crippen LogP contribution in [-0.2, 0) is 6.54 Å². The van der Waals surface area contributed by atoms with Gasteiger partial charge in [0, 0.05) is 33.2 Å². The number of hydrogen-bond acceptors (Lipinski definition) is 4. The number of nitrogens with one attached hydrogen (secondary N) is 1. The van der Waals surface area contributed by atoms with Crippen LogP contribution in [0.3, 0.4) is 0 Å². The van der Waals surface area contributed by atoms with Crippen LogP contribution in [0.4, 0.5) is 0 Å². The molecule has 1 aromatic heterocycles. The minimum atomic E-state index is 0.0275. The van der Waals surface area contributed by atoms with E-state index < -0.39 is 0 Å². The molecule has 5 heteroatoms. The number of benzene rings is 1. The standard InChI is InChI=1S/C12H14N2O.C10H19NO.C5H12.C2H6/c1-3-8-14-11-7-5-4-6-10(11)13-12(14)9(2)15;1-3-8(2)10-4-9(7-12)5-11-6-10;1-4-5(2)3;1-2/h4-7H,3,8H2,1-2H3;3,9-12H,4-7H2,1-2H3;5H,4H2,1-3H3;1-2H3/t;9-,10+;;/m.1../s1. The smallest absolute Gasteiger partial charge is 0.195 e. The molecule has 0 unspecified atom stereocenters. The van der Waals surface area contributed by atoms with Crippen molar-refractivity contribution in [1.29, 1.82) is 0 Å². The van der Waals surface area contributed by atoms with Crippen molar-refractivity contribution in [3.8, 4) is 0 Å². The summed E-state index contributed by atoms with van der Waals surface area (Å²) >= 11 is 0. The molecule has 1 aliphatic heterocycles. The highest BCUT2D eigenvalue weighted by Gasteiger charge is 2.21. The zero-order valence-electron chi connectivity index (χ0n) is 23.3. The monoisotopic (exact) mass is 473 g/mol. The second-order valence-corrected chi connectivity index (χ2v) is 9.11. The molecule has 1 aromatic carbocycles. The summed E-state index contributed by atoms with van der Waals surface area (Å²) in [6.07, 6.45) is 5.62. The zero-order chi connectivity index (χ0) is 26.1. The minimum absolute atomic E-state index is 0.0275. The van der Waals surface area contributed by atoms with Crippen LogP contribution < -0.4 is 5.32 Å². The Kier molecular flexibility index (Phi) is 17.3. The van der Waals surface area contributed by atoms with Crippen LogP contribution in [0.1, 0.15) is 92.2 Å². The maximum absolute atomic E-state index is 11.4. The fraction of sp³-hybridized carbons (Fsp3) is 0.655. The Labute approximate surface area is 209 Å². The lowest BCUT2D eigenvalue weighted by molar-refractivity contribution is 0.1000. The van der Waals surface area contributed by atoms with E-state index in [-0.39, 0.29) is 5.78 Å². The molecule has 1 saturated heterocycles. The number of aliphatic hydroxyl groups excluding tert-OH is 1. The number of hydrogen-bond donors (Lipinski definition) is 2. The first-order valence-electron chi connectivity index (χ1n) is 13.2. The van der Waals surface area contributed by atoms with Crippen molar-refractivity contribution < 1.29 is 9.90 Å². The third-order valence-electron chi connectivity index (χ3n) is 6.03. The molecule has 2 atom stereocenters. The molecule has 0 amide bonds. The normalized spacial score (nSPS) is 17.7. The number of imidazole rings is 1. The fourth-order valence-corrected chi connectivity index (χ4v) is 3.55. The van der Waals surface area contributed by atoms with Gasteiger partial charge >= 0.3 is 0 Å². The lowest BCUT2D eigenvalue weighted by Crippen LogP contribution is -2.38. The Morgan fingerprint density at radius 1 is 1.21 bits per heavy atom. The molecule has 0 bridgehead atoms. The summed E-state index contributed by atoms with van der Waals surface area (Å²) in [5, 5.41) is 12.4. The van der Waals surface area contributed by atoms with Gasteiger partial charge < -0.3 is 15.0 Å². The van der Waals surface area contributed by atoms with Crippen LogP contribution in [0.15, 0.2) is 35.9 Å². The third kappa shape index (κ3) is 11.0. The SMILES string of the molecule is CC.CC=C(C)[C@@H]1CNC[C@H](CO)C1.CCC(C)C.CCCn1c(C(C)=O)nc2ccccc21. The molecule has 2 N–H and O–H groups in total. The second kappa shape index (κ2) is 18.4. The van der Waals surface area contributed by atoms with E-state index in [1.54, 1.807) is 6.92 Å². The quantitative estimate of drug-likeness (QED) is 0.354. The Balaban J connectivity index is 0.000000514. The van der Waals surface area contributed by atoms with E-state index in [2.05, 4.69) is 57.9 Å². The summed E-state index contributed by atoms with van der Waals surface area (Å²) in [7, 11) is 0. The predicted octanol–water partition coefficient (Wildman–Crippen LogP) is 6.90. The summed E-state index contributed by atoms with van der Waals surface area (Å²) < 4.78 is 2.00. The molecule has 194 valence electrons. The van der Waals surface area contributed by atoms with Gasteiger partial charge in [0.15, 0.2) is 11.6 Å². The number of nitrogens with zero attached hydrogens (tertiary/aromatic N) is 2. The predicted molar refractivity (Wildman–Crippen MR) is 147 cm³/mol. The van der Waals surface area contributed by atoms with E-state index >= 15 is 0 Å². The maximum atomic E-state index is 11.4. The van der Waals surface area contributed by atoms with Crippen molar-refractivity contribution in [2.45, 2.75) is 88.1 Å². The Morgan fingerprint density at radius 3 is 2.32 bits per heavy atom. The highest BCUT2D eigenvalue weighted by Crippen LogP contribution is 2.22. The molecule has 3 rings (SSSR count). The summed E-state index contributed by atoms with van der Waals surface area (Å²) in [5.74, 6) is 2.58. The van der Waals surface area contributed by atoms with Crippen molar-refractivity contribution in [3.63, 3.8) is 0 Å². The molecule has 34 heavy (non-hydrogen) atoms. The number of piperidine rings is 1. The minimum Gasteiger partial charge on any atom is -0.396 e. The molecule has 0 radical (unpaired) electrons. The number of carbonyl (C=O) groups is 1. The van der Waals surface area contributed by atoms with E-state index in [4.69, 9.17) is 5.11 Å². The number of para-hydroxylation sites is 2. The number of fused-ring (bicyclic) bond motifs is 1. The highest BCUT2D eigenvalue weighted by molar-refractivity contribution is 5.94. The van der Waals surface area contributed by atoms with Crippen LogP contribution in [0.5, 0.6) is 0 Å². The van der Waals surface area contributed by atoms with Gasteiger partial charge in [-0.15, -0.1) is 0 Å². The number of aryl methyl sites for hydroxylation is 1. The molecule has 2 aromatic rings. The average molecular weight is 474 g/mol. The lowest BCUT2D eigenvalue weighted by Gasteiger charge is -2.29. The molecule has 0 aliphatic carbocycles. The fourth-order valence-electron chi connectivity index (χ4n) is 3.55. The number of allylic oxidation sites excluding steroid dienone is 1. The molecule has 0 spiro atoms. The second-order valence-electron chi connectivity index (χ2n) is 9.11. The van der Waals surface area contributed by atoms with Crippen molar-refractivity contribution in [2.24, 2.45) is 17.8 Å². The van der Waals surface area contributed by atoms with Crippen LogP contribution in [-0.4, -0.2) is 40.1 Å². The van der Waals surface area contributed by atoms with Crippen LogP contribution >= 0.6 is 0 Å². The maximum Gasteiger partial charge on any atom is 0.195 e. The van der Waals surface area contributed by atoms with E-state index in [1.165, 1.54) is 12.0 Å². The number of ketones is 1. The Bertz CT molecular complexity index is 839. The van der Waals surface area contributed by atoms with Gasteiger partial charge in [-0.1, -0.05) is 71.7 Å². The Hall–Kier alpha value is -1.98.